The van der Waals surface area contributed by atoms with Gasteiger partial charge in [-0.15, -0.1) is 24.0 Å². The van der Waals surface area contributed by atoms with Gasteiger partial charge in [0, 0.05) is 51.8 Å². The van der Waals surface area contributed by atoms with Crippen molar-refractivity contribution in [2.24, 2.45) is 4.99 Å². The van der Waals surface area contributed by atoms with Gasteiger partial charge in [0.2, 0.25) is 0 Å². The van der Waals surface area contributed by atoms with Crippen LogP contribution in [0.3, 0.4) is 0 Å². The smallest absolute Gasteiger partial charge is 0.191 e. The molecule has 0 aliphatic carbocycles. The number of rotatable bonds is 8. The first-order valence-electron chi connectivity index (χ1n) is 9.59. The standard InChI is InChI=1S/C18H35N7O.HI/c1-13(2)24(14(3)4)10-9-20-18(19-5)21-15-7-8-17-22-16(12-26-6)23-25(17)11-15;/h13-15H,7-12H2,1-6H3,(H2,19,20,21);1H. The van der Waals surface area contributed by atoms with Gasteiger partial charge < -0.3 is 15.4 Å². The van der Waals surface area contributed by atoms with Crippen LogP contribution < -0.4 is 10.6 Å². The van der Waals surface area contributed by atoms with Crippen molar-refractivity contribution in [2.75, 3.05) is 27.2 Å². The molecule has 27 heavy (non-hydrogen) atoms. The maximum atomic E-state index is 5.12. The van der Waals surface area contributed by atoms with Gasteiger partial charge in [0.15, 0.2) is 11.8 Å². The number of hydrogen-bond acceptors (Lipinski definition) is 5. The van der Waals surface area contributed by atoms with Gasteiger partial charge in [-0.25, -0.2) is 9.67 Å². The van der Waals surface area contributed by atoms with E-state index in [-0.39, 0.29) is 24.0 Å². The Hall–Kier alpha value is -0.940. The number of aliphatic imine (C=N–C) groups is 1. The maximum absolute atomic E-state index is 5.12. The molecule has 1 atom stereocenters. The molecule has 9 heteroatoms. The van der Waals surface area contributed by atoms with E-state index < -0.39 is 0 Å². The molecule has 2 rings (SSSR count). The van der Waals surface area contributed by atoms with Crippen molar-refractivity contribution in [1.29, 1.82) is 0 Å². The fourth-order valence-corrected chi connectivity index (χ4v) is 3.47. The fourth-order valence-electron chi connectivity index (χ4n) is 3.47. The lowest BCUT2D eigenvalue weighted by atomic mass is 10.1. The van der Waals surface area contributed by atoms with Crippen molar-refractivity contribution in [2.45, 2.75) is 71.8 Å². The molecule has 2 heterocycles. The van der Waals surface area contributed by atoms with Gasteiger partial charge in [-0.1, -0.05) is 0 Å². The van der Waals surface area contributed by atoms with Crippen LogP contribution in [0.4, 0.5) is 0 Å². The zero-order chi connectivity index (χ0) is 19.1. The van der Waals surface area contributed by atoms with E-state index in [4.69, 9.17) is 4.74 Å². The van der Waals surface area contributed by atoms with Crippen LogP contribution in [-0.2, 0) is 24.3 Å². The lowest BCUT2D eigenvalue weighted by Crippen LogP contribution is -2.49. The third kappa shape index (κ3) is 7.19. The highest BCUT2D eigenvalue weighted by Crippen LogP contribution is 2.13. The lowest BCUT2D eigenvalue weighted by Gasteiger charge is -2.31. The number of nitrogens with zero attached hydrogens (tertiary/aromatic N) is 5. The normalized spacial score (nSPS) is 17.2. The Bertz CT molecular complexity index is 580. The molecule has 2 N–H and O–H groups in total. The van der Waals surface area contributed by atoms with Gasteiger partial charge in [-0.05, 0) is 34.1 Å². The highest BCUT2D eigenvalue weighted by atomic mass is 127. The van der Waals surface area contributed by atoms with E-state index in [1.54, 1.807) is 7.11 Å². The molecule has 1 unspecified atom stereocenters. The summed E-state index contributed by atoms with van der Waals surface area (Å²) < 4.78 is 7.11. The van der Waals surface area contributed by atoms with Gasteiger partial charge in [0.25, 0.3) is 0 Å². The number of methoxy groups -OCH3 is 1. The first kappa shape index (κ1) is 24.1. The molecule has 8 nitrogen and oxygen atoms in total. The molecule has 0 saturated heterocycles. The van der Waals surface area contributed by atoms with Crippen LogP contribution in [0.2, 0.25) is 0 Å². The number of hydrogen-bond donors (Lipinski definition) is 2. The van der Waals surface area contributed by atoms with E-state index in [9.17, 15) is 0 Å². The molecule has 156 valence electrons. The predicted molar refractivity (Wildman–Crippen MR) is 120 cm³/mol. The summed E-state index contributed by atoms with van der Waals surface area (Å²) in [6, 6.07) is 1.38. The van der Waals surface area contributed by atoms with Crippen LogP contribution in [0.1, 0.15) is 45.8 Å². The molecule has 1 aromatic rings. The molecule has 0 radical (unpaired) electrons. The van der Waals surface area contributed by atoms with Crippen molar-refractivity contribution < 1.29 is 4.74 Å². The number of aryl methyl sites for hydroxylation is 1. The Morgan fingerprint density at radius 1 is 1.33 bits per heavy atom. The number of halogens is 1. The largest absolute Gasteiger partial charge is 0.377 e. The number of ether oxygens (including phenoxy) is 1. The van der Waals surface area contributed by atoms with Gasteiger partial charge in [0.05, 0.1) is 6.54 Å². The van der Waals surface area contributed by atoms with Crippen LogP contribution in [-0.4, -0.2) is 71.0 Å². The summed E-state index contributed by atoms with van der Waals surface area (Å²) in [6.07, 6.45) is 1.94. The van der Waals surface area contributed by atoms with Crippen molar-refractivity contribution >= 4 is 29.9 Å². The molecule has 0 amide bonds. The topological polar surface area (TPSA) is 79.6 Å². The Labute approximate surface area is 180 Å². The lowest BCUT2D eigenvalue weighted by molar-refractivity contribution is 0.177. The van der Waals surface area contributed by atoms with Crippen molar-refractivity contribution in [3.63, 3.8) is 0 Å². The number of fused-ring (bicyclic) bond motifs is 1. The van der Waals surface area contributed by atoms with Crippen molar-refractivity contribution in [3.05, 3.63) is 11.6 Å². The summed E-state index contributed by atoms with van der Waals surface area (Å²) in [7, 11) is 3.48. The highest BCUT2D eigenvalue weighted by molar-refractivity contribution is 14.0. The number of guanidine groups is 1. The first-order valence-corrected chi connectivity index (χ1v) is 9.59. The summed E-state index contributed by atoms with van der Waals surface area (Å²) in [4.78, 5) is 11.4. The quantitative estimate of drug-likeness (QED) is 0.326. The minimum atomic E-state index is 0. The molecule has 1 aromatic heterocycles. The van der Waals surface area contributed by atoms with E-state index >= 15 is 0 Å². The van der Waals surface area contributed by atoms with Crippen LogP contribution >= 0.6 is 24.0 Å². The average molecular weight is 493 g/mol. The molecule has 0 fully saturated rings. The Morgan fingerprint density at radius 2 is 2.04 bits per heavy atom. The van der Waals surface area contributed by atoms with E-state index in [0.717, 1.165) is 50.1 Å². The van der Waals surface area contributed by atoms with E-state index in [2.05, 4.69) is 58.3 Å². The monoisotopic (exact) mass is 493 g/mol. The summed E-state index contributed by atoms with van der Waals surface area (Å²) in [6.45, 7) is 12.1. The second-order valence-corrected chi connectivity index (χ2v) is 7.36. The van der Waals surface area contributed by atoms with Crippen molar-refractivity contribution in [1.82, 2.24) is 30.3 Å². The van der Waals surface area contributed by atoms with Gasteiger partial charge >= 0.3 is 0 Å². The summed E-state index contributed by atoms with van der Waals surface area (Å²) in [5.74, 6) is 2.65. The van der Waals surface area contributed by atoms with Crippen LogP contribution in [0.25, 0.3) is 0 Å². The Morgan fingerprint density at radius 3 is 2.63 bits per heavy atom. The van der Waals surface area contributed by atoms with E-state index in [0.29, 0.717) is 24.7 Å². The minimum absolute atomic E-state index is 0. The molecule has 0 bridgehead atoms. The molecule has 0 spiro atoms. The Balaban J connectivity index is 0.00000364. The fraction of sp³-hybridized carbons (Fsp3) is 0.833. The first-order chi connectivity index (χ1) is 12.4. The van der Waals surface area contributed by atoms with Crippen LogP contribution in [0, 0.1) is 0 Å². The third-order valence-corrected chi connectivity index (χ3v) is 4.73. The SMILES string of the molecule is CN=C(NCCN(C(C)C)C(C)C)NC1CCc2nc(COC)nn2C1.I. The summed E-state index contributed by atoms with van der Waals surface area (Å²) in [5, 5.41) is 11.5. The van der Waals surface area contributed by atoms with Gasteiger partial charge in [-0.2, -0.15) is 5.10 Å². The average Bonchev–Trinajstić information content (AvgIpc) is 2.98. The minimum Gasteiger partial charge on any atom is -0.377 e. The predicted octanol–water partition coefficient (Wildman–Crippen LogP) is 1.64. The highest BCUT2D eigenvalue weighted by Gasteiger charge is 2.22. The van der Waals surface area contributed by atoms with E-state index in [1.807, 2.05) is 11.7 Å². The molecule has 1 aliphatic heterocycles. The van der Waals surface area contributed by atoms with Gasteiger partial charge in [-0.3, -0.25) is 9.89 Å². The van der Waals surface area contributed by atoms with Crippen LogP contribution in [0.15, 0.2) is 4.99 Å². The molecule has 0 aromatic carbocycles. The van der Waals surface area contributed by atoms with Gasteiger partial charge in [0.1, 0.15) is 12.4 Å². The molecular formula is C18H36IN7O. The maximum Gasteiger partial charge on any atom is 0.191 e. The Kier molecular flexibility index (Phi) is 10.5. The zero-order valence-electron chi connectivity index (χ0n) is 17.5. The van der Waals surface area contributed by atoms with Crippen LogP contribution in [0.5, 0.6) is 0 Å². The molecule has 1 aliphatic rings. The zero-order valence-corrected chi connectivity index (χ0v) is 19.9. The summed E-state index contributed by atoms with van der Waals surface area (Å²) >= 11 is 0. The molecule has 0 saturated carbocycles. The second kappa shape index (κ2) is 11.8. The molecular weight excluding hydrogens is 457 g/mol. The summed E-state index contributed by atoms with van der Waals surface area (Å²) in [5.41, 5.74) is 0. The number of nitrogens with one attached hydrogen (secondary N) is 2. The number of aromatic nitrogens is 3. The van der Waals surface area contributed by atoms with Crippen molar-refractivity contribution in [3.8, 4) is 0 Å². The van der Waals surface area contributed by atoms with E-state index in [1.165, 1.54) is 0 Å². The third-order valence-electron chi connectivity index (χ3n) is 4.73. The second-order valence-electron chi connectivity index (χ2n) is 7.36.